The van der Waals surface area contributed by atoms with Crippen LogP contribution in [0.2, 0.25) is 0 Å². The van der Waals surface area contributed by atoms with E-state index in [1.165, 1.54) is 12.1 Å². The van der Waals surface area contributed by atoms with Crippen LogP contribution in [-0.2, 0) is 11.3 Å². The van der Waals surface area contributed by atoms with Crippen molar-refractivity contribution in [2.24, 2.45) is 0 Å². The first-order valence-corrected chi connectivity index (χ1v) is 6.12. The normalized spacial score (nSPS) is 10.6. The molecule has 0 aliphatic heterocycles. The van der Waals surface area contributed by atoms with Gasteiger partial charge in [-0.2, -0.15) is 0 Å². The minimum atomic E-state index is -0.395. The number of aromatic nitrogens is 2. The zero-order valence-electron chi connectivity index (χ0n) is 10.4. The van der Waals surface area contributed by atoms with Gasteiger partial charge in [0.05, 0.1) is 12.3 Å². The lowest BCUT2D eigenvalue weighted by Crippen LogP contribution is -2.17. The Kier molecular flexibility index (Phi) is 4.24. The zero-order chi connectivity index (χ0) is 13.8. The van der Waals surface area contributed by atoms with Crippen LogP contribution in [0.25, 0.3) is 11.3 Å². The van der Waals surface area contributed by atoms with E-state index >= 15 is 0 Å². The Bertz CT molecular complexity index is 694. The molecule has 0 fully saturated rings. The molecule has 2 rings (SSSR count). The van der Waals surface area contributed by atoms with Gasteiger partial charge in [-0.05, 0) is 24.4 Å². The Balaban J connectivity index is 2.64. The van der Waals surface area contributed by atoms with Gasteiger partial charge in [-0.1, -0.05) is 12.1 Å². The largest absolute Gasteiger partial charge is 0.383 e. The number of ether oxygens (including phenoxy) is 1. The highest BCUT2D eigenvalue weighted by Crippen LogP contribution is 2.21. The molecule has 0 saturated heterocycles. The monoisotopic (exact) mass is 280 g/mol. The molecule has 1 aromatic carbocycles. The topological polar surface area (TPSA) is 47.0 Å². The summed E-state index contributed by atoms with van der Waals surface area (Å²) in [6.45, 7) is 0.859. The molecule has 1 N–H and O–H groups in total. The Morgan fingerprint density at radius 3 is 2.84 bits per heavy atom. The number of H-pyrrole nitrogens is 1. The number of nitrogens with one attached hydrogen (secondary N) is 1. The lowest BCUT2D eigenvalue weighted by atomic mass is 10.1. The molecule has 6 heteroatoms. The predicted octanol–water partition coefficient (Wildman–Crippen LogP) is 2.36. The van der Waals surface area contributed by atoms with Crippen molar-refractivity contribution in [3.63, 3.8) is 0 Å². The lowest BCUT2D eigenvalue weighted by molar-refractivity contribution is 0.186. The van der Waals surface area contributed by atoms with Crippen molar-refractivity contribution in [2.45, 2.75) is 6.54 Å². The van der Waals surface area contributed by atoms with Gasteiger partial charge in [0, 0.05) is 25.3 Å². The summed E-state index contributed by atoms with van der Waals surface area (Å²) < 4.78 is 20.8. The van der Waals surface area contributed by atoms with Gasteiger partial charge in [-0.25, -0.2) is 4.39 Å². The summed E-state index contributed by atoms with van der Waals surface area (Å²) >= 11 is 5.11. The van der Waals surface area contributed by atoms with Crippen molar-refractivity contribution >= 4 is 12.2 Å². The summed E-state index contributed by atoms with van der Waals surface area (Å²) in [7, 11) is 1.57. The first-order valence-electron chi connectivity index (χ1n) is 5.71. The van der Waals surface area contributed by atoms with Crippen molar-refractivity contribution in [3.8, 4) is 11.3 Å². The van der Waals surface area contributed by atoms with Crippen LogP contribution in [0.1, 0.15) is 0 Å². The van der Waals surface area contributed by atoms with Gasteiger partial charge < -0.3 is 9.30 Å². The van der Waals surface area contributed by atoms with Gasteiger partial charge in [-0.3, -0.25) is 9.78 Å². The number of rotatable bonds is 4. The number of halogens is 1. The van der Waals surface area contributed by atoms with Crippen LogP contribution in [0, 0.1) is 10.6 Å². The third-order valence-electron chi connectivity index (χ3n) is 2.70. The fourth-order valence-electron chi connectivity index (χ4n) is 1.82. The first kappa shape index (κ1) is 13.6. The molecule has 2 aromatic rings. The van der Waals surface area contributed by atoms with Crippen LogP contribution in [0.15, 0.2) is 35.1 Å². The number of methoxy groups -OCH3 is 1. The molecule has 100 valence electrons. The zero-order valence-corrected chi connectivity index (χ0v) is 11.2. The Hall–Kier alpha value is -1.79. The molecule has 0 amide bonds. The van der Waals surface area contributed by atoms with Crippen molar-refractivity contribution in [1.82, 2.24) is 9.55 Å². The standard InChI is InChI=1S/C13H13FN2O2S/c1-18-7-6-16-11(8-12(17)15-13(16)19)9-4-2-3-5-10(9)14/h2-5,8H,6-7H2,1H3,(H,15,17,19). The average Bonchev–Trinajstić information content (AvgIpc) is 2.37. The molecular weight excluding hydrogens is 267 g/mol. The van der Waals surface area contributed by atoms with Crippen LogP contribution in [0.3, 0.4) is 0 Å². The van der Waals surface area contributed by atoms with Crippen molar-refractivity contribution in [1.29, 1.82) is 0 Å². The fourth-order valence-corrected chi connectivity index (χ4v) is 2.11. The summed E-state index contributed by atoms with van der Waals surface area (Å²) in [6.07, 6.45) is 0. The van der Waals surface area contributed by atoms with Crippen LogP contribution in [0.4, 0.5) is 4.39 Å². The second-order valence-corrected chi connectivity index (χ2v) is 4.33. The number of hydrogen-bond acceptors (Lipinski definition) is 3. The van der Waals surface area contributed by atoms with E-state index in [-0.39, 0.29) is 10.3 Å². The van der Waals surface area contributed by atoms with Gasteiger partial charge in [0.15, 0.2) is 4.77 Å². The fraction of sp³-hybridized carbons (Fsp3) is 0.231. The molecule has 0 saturated carbocycles. The molecule has 19 heavy (non-hydrogen) atoms. The minimum absolute atomic E-state index is 0.253. The molecule has 0 spiro atoms. The predicted molar refractivity (Wildman–Crippen MR) is 73.2 cm³/mol. The van der Waals surface area contributed by atoms with E-state index in [9.17, 15) is 9.18 Å². The maximum Gasteiger partial charge on any atom is 0.252 e. The molecule has 0 aliphatic carbocycles. The number of aromatic amines is 1. The highest BCUT2D eigenvalue weighted by atomic mass is 32.1. The second-order valence-electron chi connectivity index (χ2n) is 3.95. The highest BCUT2D eigenvalue weighted by Gasteiger charge is 2.10. The molecule has 0 unspecified atom stereocenters. The van der Waals surface area contributed by atoms with E-state index in [1.807, 2.05) is 0 Å². The van der Waals surface area contributed by atoms with E-state index in [1.54, 1.807) is 29.9 Å². The second kappa shape index (κ2) is 5.90. The van der Waals surface area contributed by atoms with Gasteiger partial charge >= 0.3 is 0 Å². The van der Waals surface area contributed by atoms with Crippen molar-refractivity contribution < 1.29 is 9.13 Å². The minimum Gasteiger partial charge on any atom is -0.383 e. The van der Waals surface area contributed by atoms with Crippen LogP contribution >= 0.6 is 12.2 Å². The average molecular weight is 280 g/mol. The smallest absolute Gasteiger partial charge is 0.252 e. The van der Waals surface area contributed by atoms with Crippen LogP contribution in [0.5, 0.6) is 0 Å². The number of nitrogens with zero attached hydrogens (tertiary/aromatic N) is 1. The quantitative estimate of drug-likeness (QED) is 0.875. The third kappa shape index (κ3) is 2.97. The van der Waals surface area contributed by atoms with Crippen LogP contribution in [-0.4, -0.2) is 23.3 Å². The maximum absolute atomic E-state index is 13.9. The molecule has 1 aromatic heterocycles. The molecular formula is C13H13FN2O2S. The summed E-state index contributed by atoms with van der Waals surface area (Å²) in [6, 6.07) is 7.61. The number of hydrogen-bond donors (Lipinski definition) is 1. The Morgan fingerprint density at radius 1 is 1.42 bits per heavy atom. The van der Waals surface area contributed by atoms with Gasteiger partial charge in [0.1, 0.15) is 5.82 Å². The lowest BCUT2D eigenvalue weighted by Gasteiger charge is -2.13. The molecule has 1 heterocycles. The van der Waals surface area contributed by atoms with Crippen LogP contribution < -0.4 is 5.56 Å². The van der Waals surface area contributed by atoms with Gasteiger partial charge in [0.2, 0.25) is 0 Å². The Labute approximate surface area is 114 Å². The SMILES string of the molecule is COCCn1c(-c2ccccc2F)cc(=O)[nH]c1=S. The van der Waals surface area contributed by atoms with Crippen molar-refractivity contribution in [3.05, 3.63) is 51.3 Å². The van der Waals surface area contributed by atoms with Crippen molar-refractivity contribution in [2.75, 3.05) is 13.7 Å². The highest BCUT2D eigenvalue weighted by molar-refractivity contribution is 7.71. The molecule has 0 radical (unpaired) electrons. The summed E-state index contributed by atoms with van der Waals surface area (Å²) in [5.41, 5.74) is 0.441. The summed E-state index contributed by atoms with van der Waals surface area (Å²) in [5.74, 6) is -0.395. The third-order valence-corrected chi connectivity index (χ3v) is 3.03. The molecule has 0 aliphatic rings. The van der Waals surface area contributed by atoms with E-state index in [0.717, 1.165) is 0 Å². The molecule has 4 nitrogen and oxygen atoms in total. The van der Waals surface area contributed by atoms with Gasteiger partial charge in [-0.15, -0.1) is 0 Å². The van der Waals surface area contributed by atoms with E-state index < -0.39 is 5.82 Å². The van der Waals surface area contributed by atoms with E-state index in [2.05, 4.69) is 4.98 Å². The summed E-state index contributed by atoms with van der Waals surface area (Å²) in [5, 5.41) is 0. The van der Waals surface area contributed by atoms with E-state index in [4.69, 9.17) is 17.0 Å². The summed E-state index contributed by atoms with van der Waals surface area (Å²) in [4.78, 5) is 14.1. The number of benzene rings is 1. The van der Waals surface area contributed by atoms with E-state index in [0.29, 0.717) is 24.4 Å². The van der Waals surface area contributed by atoms with Gasteiger partial charge in [0.25, 0.3) is 5.56 Å². The maximum atomic E-state index is 13.9. The Morgan fingerprint density at radius 2 is 2.16 bits per heavy atom. The first-order chi connectivity index (χ1) is 9.13. The molecule has 0 atom stereocenters. The molecule has 0 bridgehead atoms.